The predicted molar refractivity (Wildman–Crippen MR) is 73.4 cm³/mol. The number of aliphatic hydroxyl groups is 1. The Kier molecular flexibility index (Phi) is 7.28. The second kappa shape index (κ2) is 8.48. The van der Waals surface area contributed by atoms with Crippen LogP contribution >= 0.6 is 0 Å². The maximum atomic E-state index is 11.9. The van der Waals surface area contributed by atoms with E-state index >= 15 is 0 Å². The Morgan fingerprint density at radius 1 is 1.28 bits per heavy atom. The summed E-state index contributed by atoms with van der Waals surface area (Å²) >= 11 is 0. The molecule has 3 N–H and O–H groups in total. The van der Waals surface area contributed by atoms with E-state index in [2.05, 4.69) is 10.6 Å². The molecule has 1 saturated carbocycles. The Bertz CT molecular complexity index is 238. The molecule has 0 spiro atoms. The Morgan fingerprint density at radius 3 is 2.56 bits per heavy atom. The number of amides is 1. The van der Waals surface area contributed by atoms with Crippen molar-refractivity contribution in [3.63, 3.8) is 0 Å². The van der Waals surface area contributed by atoms with Crippen molar-refractivity contribution >= 4 is 5.91 Å². The van der Waals surface area contributed by atoms with Crippen LogP contribution < -0.4 is 10.6 Å². The van der Waals surface area contributed by atoms with Gasteiger partial charge in [0.25, 0.3) is 0 Å². The standard InChI is InChI=1S/C14H28N2O2/c1-11(17)7-6-10-15-12(2)14(18)16-13-8-4-3-5-9-13/h11-13,15,17H,3-10H2,1-2H3,(H,16,18). The van der Waals surface area contributed by atoms with Crippen LogP contribution in [-0.2, 0) is 4.79 Å². The minimum absolute atomic E-state index is 0.110. The van der Waals surface area contributed by atoms with E-state index in [1.54, 1.807) is 6.92 Å². The van der Waals surface area contributed by atoms with Crippen LogP contribution in [0.3, 0.4) is 0 Å². The van der Waals surface area contributed by atoms with E-state index in [4.69, 9.17) is 5.11 Å². The van der Waals surface area contributed by atoms with Crippen molar-refractivity contribution in [2.75, 3.05) is 6.54 Å². The molecule has 0 aliphatic heterocycles. The first-order valence-electron chi connectivity index (χ1n) is 7.31. The normalized spacial score (nSPS) is 20.4. The van der Waals surface area contributed by atoms with Gasteiger partial charge in [-0.25, -0.2) is 0 Å². The maximum absolute atomic E-state index is 11.9. The minimum atomic E-state index is -0.252. The molecule has 0 aromatic rings. The number of aliphatic hydroxyl groups excluding tert-OH is 1. The van der Waals surface area contributed by atoms with Gasteiger partial charge in [0.1, 0.15) is 0 Å². The molecule has 18 heavy (non-hydrogen) atoms. The SMILES string of the molecule is CC(O)CCCNC(C)C(=O)NC1CCCCC1. The summed E-state index contributed by atoms with van der Waals surface area (Å²) in [5.41, 5.74) is 0. The van der Waals surface area contributed by atoms with Gasteiger partial charge in [0.15, 0.2) is 0 Å². The van der Waals surface area contributed by atoms with Crippen LogP contribution in [0.25, 0.3) is 0 Å². The summed E-state index contributed by atoms with van der Waals surface area (Å²) in [6.45, 7) is 4.48. The predicted octanol–water partition coefficient (Wildman–Crippen LogP) is 1.57. The molecular weight excluding hydrogens is 228 g/mol. The van der Waals surface area contributed by atoms with Crippen LogP contribution in [0, 0.1) is 0 Å². The Balaban J connectivity index is 2.11. The number of nitrogens with one attached hydrogen (secondary N) is 2. The van der Waals surface area contributed by atoms with Crippen LogP contribution in [-0.4, -0.2) is 35.7 Å². The number of carbonyl (C=O) groups is 1. The molecule has 1 amide bonds. The number of hydrogen-bond donors (Lipinski definition) is 3. The molecule has 0 saturated heterocycles. The molecule has 1 rings (SSSR count). The van der Waals surface area contributed by atoms with Gasteiger partial charge in [0.2, 0.25) is 5.91 Å². The molecule has 0 radical (unpaired) electrons. The van der Waals surface area contributed by atoms with Crippen molar-refractivity contribution < 1.29 is 9.90 Å². The van der Waals surface area contributed by atoms with Crippen molar-refractivity contribution in [1.82, 2.24) is 10.6 Å². The van der Waals surface area contributed by atoms with Gasteiger partial charge < -0.3 is 15.7 Å². The smallest absolute Gasteiger partial charge is 0.237 e. The lowest BCUT2D eigenvalue weighted by atomic mass is 9.95. The molecule has 0 heterocycles. The van der Waals surface area contributed by atoms with E-state index in [1.807, 2.05) is 6.92 Å². The highest BCUT2D eigenvalue weighted by Crippen LogP contribution is 2.17. The lowest BCUT2D eigenvalue weighted by molar-refractivity contribution is -0.123. The molecule has 1 aliphatic rings. The fourth-order valence-electron chi connectivity index (χ4n) is 2.38. The van der Waals surface area contributed by atoms with E-state index in [9.17, 15) is 4.79 Å². The molecule has 106 valence electrons. The minimum Gasteiger partial charge on any atom is -0.393 e. The van der Waals surface area contributed by atoms with Crippen LogP contribution in [0.1, 0.15) is 58.8 Å². The summed E-state index contributed by atoms with van der Waals surface area (Å²) in [6.07, 6.45) is 7.46. The quantitative estimate of drug-likeness (QED) is 0.606. The number of carbonyl (C=O) groups excluding carboxylic acids is 1. The van der Waals surface area contributed by atoms with Gasteiger partial charge in [-0.05, 0) is 46.1 Å². The molecule has 1 fully saturated rings. The topological polar surface area (TPSA) is 61.4 Å². The third kappa shape index (κ3) is 6.36. The first kappa shape index (κ1) is 15.4. The summed E-state index contributed by atoms with van der Waals surface area (Å²) in [5, 5.41) is 15.5. The lowest BCUT2D eigenvalue weighted by Crippen LogP contribution is -2.47. The van der Waals surface area contributed by atoms with Crippen molar-refractivity contribution in [2.24, 2.45) is 0 Å². The van der Waals surface area contributed by atoms with E-state index in [0.29, 0.717) is 6.04 Å². The summed E-state index contributed by atoms with van der Waals surface area (Å²) in [4.78, 5) is 11.9. The summed E-state index contributed by atoms with van der Waals surface area (Å²) in [5.74, 6) is 0.110. The maximum Gasteiger partial charge on any atom is 0.237 e. The number of rotatable bonds is 7. The van der Waals surface area contributed by atoms with Gasteiger partial charge in [-0.3, -0.25) is 4.79 Å². The zero-order valence-corrected chi connectivity index (χ0v) is 11.7. The molecule has 2 atom stereocenters. The largest absolute Gasteiger partial charge is 0.393 e. The highest BCUT2D eigenvalue weighted by atomic mass is 16.3. The van der Waals surface area contributed by atoms with Crippen molar-refractivity contribution in [2.45, 2.75) is 77.0 Å². The summed E-state index contributed by atoms with van der Waals surface area (Å²) in [7, 11) is 0. The molecule has 1 aliphatic carbocycles. The first-order chi connectivity index (χ1) is 8.59. The second-order valence-corrected chi connectivity index (χ2v) is 5.51. The second-order valence-electron chi connectivity index (χ2n) is 5.51. The van der Waals surface area contributed by atoms with E-state index < -0.39 is 0 Å². The van der Waals surface area contributed by atoms with E-state index in [0.717, 1.165) is 32.2 Å². The van der Waals surface area contributed by atoms with E-state index in [-0.39, 0.29) is 18.1 Å². The molecule has 0 bridgehead atoms. The third-order valence-corrected chi connectivity index (χ3v) is 3.59. The van der Waals surface area contributed by atoms with Crippen molar-refractivity contribution in [3.8, 4) is 0 Å². The van der Waals surface area contributed by atoms with Crippen LogP contribution in [0.5, 0.6) is 0 Å². The monoisotopic (exact) mass is 256 g/mol. The van der Waals surface area contributed by atoms with Crippen LogP contribution in [0.2, 0.25) is 0 Å². The summed E-state index contributed by atoms with van der Waals surface area (Å²) < 4.78 is 0. The van der Waals surface area contributed by atoms with Crippen LogP contribution in [0.15, 0.2) is 0 Å². The lowest BCUT2D eigenvalue weighted by Gasteiger charge is -2.24. The molecular formula is C14H28N2O2. The zero-order chi connectivity index (χ0) is 13.4. The summed E-state index contributed by atoms with van der Waals surface area (Å²) in [6, 6.07) is 0.244. The average Bonchev–Trinajstić information content (AvgIpc) is 2.35. The fraction of sp³-hybridized carbons (Fsp3) is 0.929. The van der Waals surface area contributed by atoms with Gasteiger partial charge in [-0.15, -0.1) is 0 Å². The first-order valence-corrected chi connectivity index (χ1v) is 7.31. The Morgan fingerprint density at radius 2 is 1.94 bits per heavy atom. The molecule has 2 unspecified atom stereocenters. The molecule has 4 nitrogen and oxygen atoms in total. The third-order valence-electron chi connectivity index (χ3n) is 3.59. The highest BCUT2D eigenvalue weighted by Gasteiger charge is 2.18. The Labute approximate surface area is 111 Å². The Hall–Kier alpha value is -0.610. The molecule has 0 aromatic carbocycles. The molecule has 4 heteroatoms. The zero-order valence-electron chi connectivity index (χ0n) is 11.7. The van der Waals surface area contributed by atoms with Crippen LogP contribution in [0.4, 0.5) is 0 Å². The van der Waals surface area contributed by atoms with Gasteiger partial charge in [-0.1, -0.05) is 19.3 Å². The van der Waals surface area contributed by atoms with E-state index in [1.165, 1.54) is 19.3 Å². The molecule has 0 aromatic heterocycles. The average molecular weight is 256 g/mol. The van der Waals surface area contributed by atoms with Gasteiger partial charge in [0.05, 0.1) is 12.1 Å². The fourth-order valence-corrected chi connectivity index (χ4v) is 2.38. The van der Waals surface area contributed by atoms with Gasteiger partial charge >= 0.3 is 0 Å². The van der Waals surface area contributed by atoms with Crippen molar-refractivity contribution in [3.05, 3.63) is 0 Å². The van der Waals surface area contributed by atoms with Gasteiger partial charge in [0, 0.05) is 6.04 Å². The highest BCUT2D eigenvalue weighted by molar-refractivity contribution is 5.81. The number of hydrogen-bond acceptors (Lipinski definition) is 3. The van der Waals surface area contributed by atoms with Crippen molar-refractivity contribution in [1.29, 1.82) is 0 Å². The van der Waals surface area contributed by atoms with Gasteiger partial charge in [-0.2, -0.15) is 0 Å².